The molecule has 1 saturated heterocycles. The molecule has 1 aliphatic rings. The molecular weight excluding hydrogens is 256 g/mol. The number of carbonyl (C=O) groups excluding carboxylic acids is 1. The zero-order chi connectivity index (χ0) is 14.3. The summed E-state index contributed by atoms with van der Waals surface area (Å²) in [7, 11) is 0. The van der Waals surface area contributed by atoms with Gasteiger partial charge < -0.3 is 10.0 Å². The summed E-state index contributed by atoms with van der Waals surface area (Å²) in [4.78, 5) is 29.2. The number of carboxylic acids is 1. The molecule has 1 amide bonds. The van der Waals surface area contributed by atoms with E-state index in [0.717, 1.165) is 12.1 Å². The fraction of sp³-hybridized carbons (Fsp3) is 0.267. The number of aromatic nitrogens is 1. The minimum atomic E-state index is -0.990. The molecule has 2 aromatic rings. The number of carboxylic acid groups (broad SMARTS) is 1. The number of anilines is 1. The highest BCUT2D eigenvalue weighted by Gasteiger charge is 2.29. The van der Waals surface area contributed by atoms with Crippen LogP contribution in [0.3, 0.4) is 0 Å². The number of fused-ring (bicyclic) bond motifs is 1. The van der Waals surface area contributed by atoms with E-state index in [4.69, 9.17) is 0 Å². The molecule has 0 aliphatic carbocycles. The second kappa shape index (κ2) is 4.59. The molecule has 1 aromatic carbocycles. The van der Waals surface area contributed by atoms with Gasteiger partial charge in [0.2, 0.25) is 5.91 Å². The quantitative estimate of drug-likeness (QED) is 0.909. The van der Waals surface area contributed by atoms with Crippen LogP contribution >= 0.6 is 0 Å². The van der Waals surface area contributed by atoms with Gasteiger partial charge >= 0.3 is 5.97 Å². The number of hydrogen-bond acceptors (Lipinski definition) is 3. The van der Waals surface area contributed by atoms with Crippen LogP contribution in [-0.2, 0) is 4.79 Å². The largest absolute Gasteiger partial charge is 0.478 e. The van der Waals surface area contributed by atoms with E-state index in [1.54, 1.807) is 17.0 Å². The molecule has 1 unspecified atom stereocenters. The lowest BCUT2D eigenvalue weighted by Gasteiger charge is -2.17. The van der Waals surface area contributed by atoms with Gasteiger partial charge in [0.15, 0.2) is 0 Å². The summed E-state index contributed by atoms with van der Waals surface area (Å²) in [6.07, 6.45) is 2.31. The molecule has 0 spiro atoms. The van der Waals surface area contributed by atoms with Crippen molar-refractivity contribution in [3.63, 3.8) is 0 Å². The molecule has 5 nitrogen and oxygen atoms in total. The van der Waals surface area contributed by atoms with Crippen LogP contribution in [0, 0.1) is 5.92 Å². The zero-order valence-corrected chi connectivity index (χ0v) is 11.0. The van der Waals surface area contributed by atoms with Crippen molar-refractivity contribution in [2.75, 3.05) is 11.4 Å². The number of carbonyl (C=O) groups is 2. The van der Waals surface area contributed by atoms with Gasteiger partial charge in [-0.25, -0.2) is 4.79 Å². The second-order valence-corrected chi connectivity index (χ2v) is 5.04. The minimum absolute atomic E-state index is 0.0264. The molecular formula is C15H14N2O3. The number of aromatic carboxylic acids is 1. The van der Waals surface area contributed by atoms with E-state index in [1.807, 2.05) is 13.0 Å². The Morgan fingerprint density at radius 1 is 1.40 bits per heavy atom. The van der Waals surface area contributed by atoms with Crippen LogP contribution in [0.2, 0.25) is 0 Å². The first-order valence-electron chi connectivity index (χ1n) is 6.51. The second-order valence-electron chi connectivity index (χ2n) is 5.04. The summed E-state index contributed by atoms with van der Waals surface area (Å²) >= 11 is 0. The lowest BCUT2D eigenvalue weighted by molar-refractivity contribution is -0.119. The van der Waals surface area contributed by atoms with E-state index in [9.17, 15) is 14.7 Å². The van der Waals surface area contributed by atoms with E-state index in [2.05, 4.69) is 4.98 Å². The van der Waals surface area contributed by atoms with Gasteiger partial charge in [-0.1, -0.05) is 6.92 Å². The molecule has 0 radical (unpaired) electrons. The molecule has 2 heterocycles. The predicted octanol–water partition coefficient (Wildman–Crippen LogP) is 2.31. The fourth-order valence-corrected chi connectivity index (χ4v) is 2.57. The maximum absolute atomic E-state index is 12.1. The molecule has 20 heavy (non-hydrogen) atoms. The Balaban J connectivity index is 2.13. The smallest absolute Gasteiger partial charge is 0.336 e. The van der Waals surface area contributed by atoms with Crippen LogP contribution in [0.5, 0.6) is 0 Å². The van der Waals surface area contributed by atoms with Gasteiger partial charge in [-0.3, -0.25) is 9.78 Å². The van der Waals surface area contributed by atoms with E-state index >= 15 is 0 Å². The van der Waals surface area contributed by atoms with Crippen molar-refractivity contribution in [2.45, 2.75) is 13.3 Å². The fourth-order valence-electron chi connectivity index (χ4n) is 2.57. The lowest BCUT2D eigenvalue weighted by atomic mass is 10.1. The van der Waals surface area contributed by atoms with Crippen molar-refractivity contribution < 1.29 is 14.7 Å². The average Bonchev–Trinajstić information content (AvgIpc) is 2.77. The average molecular weight is 270 g/mol. The van der Waals surface area contributed by atoms with Gasteiger partial charge in [0.05, 0.1) is 11.1 Å². The van der Waals surface area contributed by atoms with Gasteiger partial charge in [0, 0.05) is 29.7 Å². The predicted molar refractivity (Wildman–Crippen MR) is 74.8 cm³/mol. The molecule has 1 aliphatic heterocycles. The maximum Gasteiger partial charge on any atom is 0.336 e. The molecule has 1 fully saturated rings. The highest BCUT2D eigenvalue weighted by atomic mass is 16.4. The van der Waals surface area contributed by atoms with Gasteiger partial charge in [-0.15, -0.1) is 0 Å². The van der Waals surface area contributed by atoms with E-state index < -0.39 is 5.97 Å². The van der Waals surface area contributed by atoms with Gasteiger partial charge in [0.25, 0.3) is 0 Å². The summed E-state index contributed by atoms with van der Waals surface area (Å²) in [6, 6.07) is 6.79. The third-order valence-electron chi connectivity index (χ3n) is 3.74. The van der Waals surface area contributed by atoms with Crippen LogP contribution in [0.25, 0.3) is 10.9 Å². The number of pyridine rings is 1. The normalized spacial score (nSPS) is 18.8. The Kier molecular flexibility index (Phi) is 2.89. The highest BCUT2D eigenvalue weighted by Crippen LogP contribution is 2.28. The Hall–Kier alpha value is -2.43. The Labute approximate surface area is 115 Å². The van der Waals surface area contributed by atoms with Crippen molar-refractivity contribution >= 4 is 28.5 Å². The lowest BCUT2D eigenvalue weighted by Crippen LogP contribution is -2.26. The summed E-state index contributed by atoms with van der Waals surface area (Å²) in [5.41, 5.74) is 1.56. The SMILES string of the molecule is CC1CCN(c2ccc3nccc(C(=O)O)c3c2)C1=O. The third-order valence-corrected chi connectivity index (χ3v) is 3.74. The molecule has 0 saturated carbocycles. The third kappa shape index (κ3) is 1.91. The topological polar surface area (TPSA) is 70.5 Å². The molecule has 5 heteroatoms. The maximum atomic E-state index is 12.1. The van der Waals surface area contributed by atoms with E-state index in [-0.39, 0.29) is 17.4 Å². The van der Waals surface area contributed by atoms with Crippen LogP contribution in [0.1, 0.15) is 23.7 Å². The van der Waals surface area contributed by atoms with Crippen molar-refractivity contribution in [1.82, 2.24) is 4.98 Å². The standard InChI is InChI=1S/C15H14N2O3/c1-9-5-7-17(14(9)18)10-2-3-13-12(8-10)11(15(19)20)4-6-16-13/h2-4,6,8-9H,5,7H2,1H3,(H,19,20). The van der Waals surface area contributed by atoms with Gasteiger partial charge in [-0.05, 0) is 30.7 Å². The monoisotopic (exact) mass is 270 g/mol. The summed E-state index contributed by atoms with van der Waals surface area (Å²) in [5, 5.41) is 9.78. The molecule has 1 atom stereocenters. The van der Waals surface area contributed by atoms with Gasteiger partial charge in [0.1, 0.15) is 0 Å². The van der Waals surface area contributed by atoms with Crippen molar-refractivity contribution in [2.24, 2.45) is 5.92 Å². The number of nitrogens with zero attached hydrogens (tertiary/aromatic N) is 2. The minimum Gasteiger partial charge on any atom is -0.478 e. The first-order valence-corrected chi connectivity index (χ1v) is 6.51. The van der Waals surface area contributed by atoms with E-state index in [1.165, 1.54) is 12.3 Å². The van der Waals surface area contributed by atoms with Crippen LogP contribution in [-0.4, -0.2) is 28.5 Å². The summed E-state index contributed by atoms with van der Waals surface area (Å²) < 4.78 is 0. The molecule has 1 N–H and O–H groups in total. The Morgan fingerprint density at radius 2 is 2.20 bits per heavy atom. The summed E-state index contributed by atoms with van der Waals surface area (Å²) in [5.74, 6) is -0.876. The first-order chi connectivity index (χ1) is 9.58. The van der Waals surface area contributed by atoms with Crippen molar-refractivity contribution in [3.8, 4) is 0 Å². The number of rotatable bonds is 2. The van der Waals surface area contributed by atoms with Crippen LogP contribution in [0.15, 0.2) is 30.5 Å². The van der Waals surface area contributed by atoms with Crippen LogP contribution < -0.4 is 4.90 Å². The Morgan fingerprint density at radius 3 is 2.85 bits per heavy atom. The molecule has 102 valence electrons. The Bertz CT molecular complexity index is 711. The van der Waals surface area contributed by atoms with E-state index in [0.29, 0.717) is 17.4 Å². The van der Waals surface area contributed by atoms with Crippen LogP contribution in [0.4, 0.5) is 5.69 Å². The number of benzene rings is 1. The summed E-state index contributed by atoms with van der Waals surface area (Å²) in [6.45, 7) is 2.59. The molecule has 0 bridgehead atoms. The highest BCUT2D eigenvalue weighted by molar-refractivity contribution is 6.05. The zero-order valence-electron chi connectivity index (χ0n) is 11.0. The molecule has 1 aromatic heterocycles. The number of amides is 1. The first kappa shape index (κ1) is 12.6. The van der Waals surface area contributed by atoms with Crippen molar-refractivity contribution in [3.05, 3.63) is 36.0 Å². The number of hydrogen-bond donors (Lipinski definition) is 1. The van der Waals surface area contributed by atoms with Gasteiger partial charge in [-0.2, -0.15) is 0 Å². The molecule has 3 rings (SSSR count). The van der Waals surface area contributed by atoms with Crippen molar-refractivity contribution in [1.29, 1.82) is 0 Å².